The molecule has 2 aromatic carbocycles. The minimum absolute atomic E-state index is 0.00666. The molecule has 27 heavy (non-hydrogen) atoms. The number of allylic oxidation sites excluding steroid dienone is 1. The van der Waals surface area contributed by atoms with Crippen molar-refractivity contribution in [3.05, 3.63) is 74.2 Å². The van der Waals surface area contributed by atoms with Crippen LogP contribution in [-0.2, 0) is 4.79 Å². The van der Waals surface area contributed by atoms with Crippen LogP contribution in [0.4, 0.5) is 0 Å². The number of benzene rings is 2. The molecule has 0 unspecified atom stereocenters. The monoisotopic (exact) mass is 486 g/mol. The van der Waals surface area contributed by atoms with Gasteiger partial charge in [-0.1, -0.05) is 56.1 Å². The molecule has 1 aliphatic carbocycles. The first-order valence-electron chi connectivity index (χ1n) is 9.13. The summed E-state index contributed by atoms with van der Waals surface area (Å²) in [5.41, 5.74) is 4.63. The Bertz CT molecular complexity index is 916. The van der Waals surface area contributed by atoms with Gasteiger partial charge in [-0.15, -0.1) is 0 Å². The van der Waals surface area contributed by atoms with E-state index in [0.717, 1.165) is 45.0 Å². The molecule has 5 heteroatoms. The fourth-order valence-electron chi connectivity index (χ4n) is 4.02. The van der Waals surface area contributed by atoms with Gasteiger partial charge in [0.25, 0.3) is 0 Å². The summed E-state index contributed by atoms with van der Waals surface area (Å²) < 4.78 is 2.11. The van der Waals surface area contributed by atoms with E-state index in [-0.39, 0.29) is 17.9 Å². The predicted molar refractivity (Wildman–Crippen MR) is 116 cm³/mol. The number of nitrogens with zero attached hydrogens (tertiary/aromatic N) is 2. The first-order valence-corrected chi connectivity index (χ1v) is 10.7. The van der Waals surface area contributed by atoms with Gasteiger partial charge in [0.1, 0.15) is 0 Å². The lowest BCUT2D eigenvalue weighted by Gasteiger charge is -2.29. The molecule has 0 aromatic heterocycles. The zero-order valence-corrected chi connectivity index (χ0v) is 18.2. The van der Waals surface area contributed by atoms with Crippen LogP contribution in [0, 0.1) is 5.92 Å². The van der Waals surface area contributed by atoms with Gasteiger partial charge < -0.3 is 0 Å². The van der Waals surface area contributed by atoms with Crippen LogP contribution < -0.4 is 0 Å². The van der Waals surface area contributed by atoms with Gasteiger partial charge in [-0.2, -0.15) is 5.10 Å². The van der Waals surface area contributed by atoms with Crippen molar-refractivity contribution >= 4 is 49.6 Å². The number of hydrogen-bond acceptors (Lipinski definition) is 2. The Hall–Kier alpha value is -1.72. The largest absolute Gasteiger partial charge is 0.273 e. The van der Waals surface area contributed by atoms with Crippen molar-refractivity contribution in [3.63, 3.8) is 0 Å². The SMILES string of the molecule is CC(=O)N1N=C2/C(=C/c3ccc(Br)cc3)CCC[C@H]2[C@H]1c1ccc(Br)cc1. The minimum atomic E-state index is -0.0146. The van der Waals surface area contributed by atoms with Crippen LogP contribution in [0.2, 0.25) is 0 Å². The molecule has 0 saturated heterocycles. The fraction of sp³-hybridized carbons (Fsp3) is 0.273. The molecule has 138 valence electrons. The highest BCUT2D eigenvalue weighted by atomic mass is 79.9. The van der Waals surface area contributed by atoms with E-state index in [0.29, 0.717) is 0 Å². The van der Waals surface area contributed by atoms with E-state index in [1.54, 1.807) is 11.9 Å². The molecule has 4 rings (SSSR count). The second-order valence-electron chi connectivity index (χ2n) is 7.07. The lowest BCUT2D eigenvalue weighted by Crippen LogP contribution is -2.30. The van der Waals surface area contributed by atoms with Crippen LogP contribution in [0.3, 0.4) is 0 Å². The summed E-state index contributed by atoms with van der Waals surface area (Å²) in [6, 6.07) is 16.5. The van der Waals surface area contributed by atoms with Crippen LogP contribution in [0.15, 0.2) is 68.2 Å². The van der Waals surface area contributed by atoms with Gasteiger partial charge >= 0.3 is 0 Å². The molecule has 0 radical (unpaired) electrons. The molecule has 0 spiro atoms. The van der Waals surface area contributed by atoms with Gasteiger partial charge in [-0.3, -0.25) is 4.79 Å². The highest BCUT2D eigenvalue weighted by molar-refractivity contribution is 9.10. The number of hydrazone groups is 1. The lowest BCUT2D eigenvalue weighted by atomic mass is 9.77. The lowest BCUT2D eigenvalue weighted by molar-refractivity contribution is -0.131. The van der Waals surface area contributed by atoms with Crippen LogP contribution in [0.25, 0.3) is 6.08 Å². The van der Waals surface area contributed by atoms with E-state index in [4.69, 9.17) is 5.10 Å². The van der Waals surface area contributed by atoms with Crippen LogP contribution >= 0.6 is 31.9 Å². The Balaban J connectivity index is 1.72. The van der Waals surface area contributed by atoms with Gasteiger partial charge in [-0.05, 0) is 66.3 Å². The molecule has 1 amide bonds. The van der Waals surface area contributed by atoms with E-state index in [1.807, 2.05) is 12.1 Å². The number of fused-ring (bicyclic) bond motifs is 1. The molecule has 0 bridgehead atoms. The highest BCUT2D eigenvalue weighted by Gasteiger charge is 2.42. The maximum atomic E-state index is 12.3. The van der Waals surface area contributed by atoms with Gasteiger partial charge in [-0.25, -0.2) is 5.01 Å². The van der Waals surface area contributed by atoms with Crippen LogP contribution in [-0.4, -0.2) is 16.6 Å². The molecular formula is C22H20Br2N2O. The first kappa shape index (κ1) is 18.6. The van der Waals surface area contributed by atoms with E-state index in [1.165, 1.54) is 5.57 Å². The summed E-state index contributed by atoms with van der Waals surface area (Å²) in [7, 11) is 0. The molecule has 2 aliphatic rings. The van der Waals surface area contributed by atoms with Crippen molar-refractivity contribution in [2.75, 3.05) is 0 Å². The van der Waals surface area contributed by atoms with E-state index >= 15 is 0 Å². The van der Waals surface area contributed by atoms with Crippen molar-refractivity contribution in [1.82, 2.24) is 5.01 Å². The molecule has 1 heterocycles. The molecule has 2 aromatic rings. The van der Waals surface area contributed by atoms with Gasteiger partial charge in [0.2, 0.25) is 5.91 Å². The molecule has 1 fully saturated rings. The fourth-order valence-corrected chi connectivity index (χ4v) is 4.54. The van der Waals surface area contributed by atoms with E-state index in [2.05, 4.69) is 74.3 Å². The van der Waals surface area contributed by atoms with Crippen molar-refractivity contribution in [3.8, 4) is 0 Å². The smallest absolute Gasteiger partial charge is 0.240 e. The Morgan fingerprint density at radius 2 is 1.70 bits per heavy atom. The summed E-state index contributed by atoms with van der Waals surface area (Å²) in [5.74, 6) is 0.248. The molecule has 1 saturated carbocycles. The van der Waals surface area contributed by atoms with Crippen molar-refractivity contribution in [1.29, 1.82) is 0 Å². The summed E-state index contributed by atoms with van der Waals surface area (Å²) in [6.07, 6.45) is 5.40. The average molecular weight is 488 g/mol. The number of halogens is 2. The standard InChI is InChI=1S/C22H20Br2N2O/c1-14(27)26-22(16-7-11-19(24)12-8-16)20-4-2-3-17(21(20)25-26)13-15-5-9-18(23)10-6-15/h5-13,20,22H,2-4H2,1H3/b17-13+/t20-,22-/m1/s1. The predicted octanol–water partition coefficient (Wildman–Crippen LogP) is 6.35. The quantitative estimate of drug-likeness (QED) is 0.485. The van der Waals surface area contributed by atoms with Crippen molar-refractivity contribution in [2.45, 2.75) is 32.2 Å². The molecule has 1 aliphatic heterocycles. The topological polar surface area (TPSA) is 32.7 Å². The Labute approximate surface area is 176 Å². The summed E-state index contributed by atoms with van der Waals surface area (Å²) in [5, 5.41) is 6.48. The maximum absolute atomic E-state index is 12.3. The third-order valence-corrected chi connectivity index (χ3v) is 6.30. The van der Waals surface area contributed by atoms with Crippen LogP contribution in [0.1, 0.15) is 43.4 Å². The highest BCUT2D eigenvalue weighted by Crippen LogP contribution is 2.44. The van der Waals surface area contributed by atoms with E-state index in [9.17, 15) is 4.79 Å². The number of rotatable bonds is 2. The normalized spacial score (nSPS) is 23.3. The summed E-state index contributed by atoms with van der Waals surface area (Å²) in [4.78, 5) is 12.3. The average Bonchev–Trinajstić information content (AvgIpc) is 3.05. The molecule has 0 N–H and O–H groups in total. The third-order valence-electron chi connectivity index (χ3n) is 5.25. The first-order chi connectivity index (χ1) is 13.0. The second kappa shape index (κ2) is 7.72. The van der Waals surface area contributed by atoms with Crippen molar-refractivity contribution in [2.24, 2.45) is 11.0 Å². The zero-order valence-electron chi connectivity index (χ0n) is 15.0. The van der Waals surface area contributed by atoms with Crippen molar-refractivity contribution < 1.29 is 4.79 Å². The minimum Gasteiger partial charge on any atom is -0.273 e. The Morgan fingerprint density at radius 1 is 1.07 bits per heavy atom. The molecular weight excluding hydrogens is 468 g/mol. The van der Waals surface area contributed by atoms with Gasteiger partial charge in [0, 0.05) is 21.8 Å². The zero-order chi connectivity index (χ0) is 19.0. The number of carbonyl (C=O) groups excluding carboxylic acids is 1. The summed E-state index contributed by atoms with van der Waals surface area (Å²) in [6.45, 7) is 1.60. The number of hydrogen-bond donors (Lipinski definition) is 0. The van der Waals surface area contributed by atoms with Crippen LogP contribution in [0.5, 0.6) is 0 Å². The molecule has 3 nitrogen and oxygen atoms in total. The van der Waals surface area contributed by atoms with Gasteiger partial charge in [0.05, 0.1) is 11.8 Å². The Morgan fingerprint density at radius 3 is 2.33 bits per heavy atom. The third kappa shape index (κ3) is 3.81. The summed E-state index contributed by atoms with van der Waals surface area (Å²) >= 11 is 6.98. The number of amides is 1. The molecule has 2 atom stereocenters. The second-order valence-corrected chi connectivity index (χ2v) is 8.90. The van der Waals surface area contributed by atoms with Gasteiger partial charge in [0.15, 0.2) is 0 Å². The number of carbonyl (C=O) groups is 1. The maximum Gasteiger partial charge on any atom is 0.240 e. The van der Waals surface area contributed by atoms with E-state index < -0.39 is 0 Å². The Kier molecular flexibility index (Phi) is 5.33.